The molecule has 0 bridgehead atoms. The topological polar surface area (TPSA) is 41.6 Å². The molecule has 0 aromatic heterocycles. The largest absolute Gasteiger partial charge is 0.497 e. The van der Waals surface area contributed by atoms with Crippen LogP contribution in [0, 0.1) is 0 Å². The summed E-state index contributed by atoms with van der Waals surface area (Å²) in [6, 6.07) is 17.8. The maximum absolute atomic E-state index is 12.5. The summed E-state index contributed by atoms with van der Waals surface area (Å²) in [6.45, 7) is 5.49. The van der Waals surface area contributed by atoms with E-state index in [0.717, 1.165) is 30.1 Å². The molecular weight excluding hydrogens is 300 g/mol. The molecule has 0 heterocycles. The van der Waals surface area contributed by atoms with Gasteiger partial charge in [0.1, 0.15) is 5.75 Å². The van der Waals surface area contributed by atoms with E-state index in [0.29, 0.717) is 6.42 Å². The van der Waals surface area contributed by atoms with Crippen molar-refractivity contribution in [3.05, 3.63) is 60.2 Å². The van der Waals surface area contributed by atoms with Gasteiger partial charge in [0, 0.05) is 18.8 Å². The molecule has 1 unspecified atom stereocenters. The van der Waals surface area contributed by atoms with E-state index in [1.165, 1.54) is 0 Å². The lowest BCUT2D eigenvalue weighted by atomic mass is 10.0. The molecule has 0 aliphatic heterocycles. The van der Waals surface area contributed by atoms with E-state index in [4.69, 9.17) is 4.74 Å². The molecule has 0 aliphatic rings. The first-order valence-corrected chi connectivity index (χ1v) is 8.41. The van der Waals surface area contributed by atoms with Crippen LogP contribution in [-0.4, -0.2) is 31.0 Å². The van der Waals surface area contributed by atoms with Gasteiger partial charge < -0.3 is 15.0 Å². The van der Waals surface area contributed by atoms with Crippen molar-refractivity contribution in [2.75, 3.05) is 25.5 Å². The first kappa shape index (κ1) is 17.9. The van der Waals surface area contributed by atoms with E-state index in [9.17, 15) is 4.79 Å². The SMILES string of the molecule is CCN(CC)C(=O)CC(Nc1ccc(OC)cc1)c1ccccc1. The van der Waals surface area contributed by atoms with Gasteiger partial charge in [-0.05, 0) is 43.7 Å². The quantitative estimate of drug-likeness (QED) is 0.794. The van der Waals surface area contributed by atoms with E-state index >= 15 is 0 Å². The Balaban J connectivity index is 2.18. The molecule has 2 aromatic carbocycles. The molecule has 2 aromatic rings. The summed E-state index contributed by atoms with van der Waals surface area (Å²) in [4.78, 5) is 14.4. The van der Waals surface area contributed by atoms with Crippen LogP contribution in [0.25, 0.3) is 0 Å². The molecule has 0 saturated carbocycles. The van der Waals surface area contributed by atoms with Crippen molar-refractivity contribution in [1.82, 2.24) is 4.90 Å². The highest BCUT2D eigenvalue weighted by atomic mass is 16.5. The Morgan fingerprint density at radius 3 is 2.21 bits per heavy atom. The molecule has 0 saturated heterocycles. The smallest absolute Gasteiger partial charge is 0.224 e. The summed E-state index contributed by atoms with van der Waals surface area (Å²) in [6.07, 6.45) is 0.428. The molecule has 2 rings (SSSR count). The minimum absolute atomic E-state index is 0.0623. The number of hydrogen-bond acceptors (Lipinski definition) is 3. The summed E-state index contributed by atoms with van der Waals surface area (Å²) in [5.41, 5.74) is 2.07. The third kappa shape index (κ3) is 4.75. The monoisotopic (exact) mass is 326 g/mol. The fraction of sp³-hybridized carbons (Fsp3) is 0.350. The van der Waals surface area contributed by atoms with Crippen molar-refractivity contribution in [3.8, 4) is 5.75 Å². The van der Waals surface area contributed by atoms with Gasteiger partial charge >= 0.3 is 0 Å². The molecule has 24 heavy (non-hydrogen) atoms. The first-order valence-electron chi connectivity index (χ1n) is 8.41. The maximum Gasteiger partial charge on any atom is 0.224 e. The molecule has 1 amide bonds. The highest BCUT2D eigenvalue weighted by Gasteiger charge is 2.19. The lowest BCUT2D eigenvalue weighted by Crippen LogP contribution is -2.32. The molecule has 0 aliphatic carbocycles. The molecule has 4 heteroatoms. The minimum Gasteiger partial charge on any atom is -0.497 e. The lowest BCUT2D eigenvalue weighted by molar-refractivity contribution is -0.131. The Bertz CT molecular complexity index is 622. The van der Waals surface area contributed by atoms with Gasteiger partial charge in [0.25, 0.3) is 0 Å². The fourth-order valence-corrected chi connectivity index (χ4v) is 2.71. The fourth-order valence-electron chi connectivity index (χ4n) is 2.71. The average Bonchev–Trinajstić information content (AvgIpc) is 2.63. The van der Waals surface area contributed by atoms with Gasteiger partial charge in [0.05, 0.1) is 19.6 Å². The molecule has 0 fully saturated rings. The Labute approximate surface area is 144 Å². The average molecular weight is 326 g/mol. The highest BCUT2D eigenvalue weighted by molar-refractivity contribution is 5.77. The number of hydrogen-bond donors (Lipinski definition) is 1. The number of carbonyl (C=O) groups excluding carboxylic acids is 1. The number of carbonyl (C=O) groups is 1. The van der Waals surface area contributed by atoms with Gasteiger partial charge in [0.2, 0.25) is 5.91 Å². The van der Waals surface area contributed by atoms with Crippen LogP contribution < -0.4 is 10.1 Å². The number of benzene rings is 2. The molecule has 128 valence electrons. The Morgan fingerprint density at radius 1 is 1.04 bits per heavy atom. The van der Waals surface area contributed by atoms with Gasteiger partial charge in [-0.3, -0.25) is 4.79 Å². The highest BCUT2D eigenvalue weighted by Crippen LogP contribution is 2.25. The van der Waals surface area contributed by atoms with Crippen LogP contribution in [0.5, 0.6) is 5.75 Å². The summed E-state index contributed by atoms with van der Waals surface area (Å²) in [5.74, 6) is 0.978. The first-order chi connectivity index (χ1) is 11.7. The van der Waals surface area contributed by atoms with Gasteiger partial charge in [0.15, 0.2) is 0 Å². The second-order valence-electron chi connectivity index (χ2n) is 5.61. The van der Waals surface area contributed by atoms with E-state index in [1.807, 2.05) is 61.2 Å². The summed E-state index contributed by atoms with van der Waals surface area (Å²) in [5, 5.41) is 3.48. The van der Waals surface area contributed by atoms with Crippen LogP contribution in [0.2, 0.25) is 0 Å². The zero-order chi connectivity index (χ0) is 17.4. The molecule has 4 nitrogen and oxygen atoms in total. The van der Waals surface area contributed by atoms with Gasteiger partial charge in [-0.1, -0.05) is 30.3 Å². The number of amides is 1. The van der Waals surface area contributed by atoms with E-state index in [1.54, 1.807) is 7.11 Å². The van der Waals surface area contributed by atoms with Gasteiger partial charge in [-0.2, -0.15) is 0 Å². The minimum atomic E-state index is -0.0623. The number of anilines is 1. The van der Waals surface area contributed by atoms with Crippen molar-refractivity contribution in [2.45, 2.75) is 26.3 Å². The Hall–Kier alpha value is -2.49. The van der Waals surface area contributed by atoms with Crippen LogP contribution >= 0.6 is 0 Å². The molecule has 0 radical (unpaired) electrons. The number of nitrogens with zero attached hydrogens (tertiary/aromatic N) is 1. The van der Waals surface area contributed by atoms with Crippen molar-refractivity contribution >= 4 is 11.6 Å². The van der Waals surface area contributed by atoms with E-state index < -0.39 is 0 Å². The van der Waals surface area contributed by atoms with Crippen LogP contribution in [0.4, 0.5) is 5.69 Å². The van der Waals surface area contributed by atoms with Gasteiger partial charge in [-0.25, -0.2) is 0 Å². The third-order valence-electron chi connectivity index (χ3n) is 4.13. The third-order valence-corrected chi connectivity index (χ3v) is 4.13. The van der Waals surface area contributed by atoms with Crippen LogP contribution in [-0.2, 0) is 4.79 Å². The zero-order valence-electron chi connectivity index (χ0n) is 14.7. The van der Waals surface area contributed by atoms with Crippen molar-refractivity contribution in [1.29, 1.82) is 0 Å². The molecule has 0 spiro atoms. The van der Waals surface area contributed by atoms with Crippen LogP contribution in [0.1, 0.15) is 31.9 Å². The maximum atomic E-state index is 12.5. The molecular formula is C20H26N2O2. The molecule has 1 atom stereocenters. The standard InChI is InChI=1S/C20H26N2O2/c1-4-22(5-2)20(23)15-19(16-9-7-6-8-10-16)21-17-11-13-18(24-3)14-12-17/h6-14,19,21H,4-5,15H2,1-3H3. The van der Waals surface area contributed by atoms with Crippen molar-refractivity contribution in [2.24, 2.45) is 0 Å². The van der Waals surface area contributed by atoms with E-state index in [-0.39, 0.29) is 11.9 Å². The normalized spacial score (nSPS) is 11.6. The number of ether oxygens (including phenoxy) is 1. The summed E-state index contributed by atoms with van der Waals surface area (Å²) in [7, 11) is 1.65. The van der Waals surface area contributed by atoms with Crippen LogP contribution in [0.15, 0.2) is 54.6 Å². The zero-order valence-corrected chi connectivity index (χ0v) is 14.7. The summed E-state index contributed by atoms with van der Waals surface area (Å²) >= 11 is 0. The number of rotatable bonds is 8. The summed E-state index contributed by atoms with van der Waals surface area (Å²) < 4.78 is 5.20. The van der Waals surface area contributed by atoms with Gasteiger partial charge in [-0.15, -0.1) is 0 Å². The lowest BCUT2D eigenvalue weighted by Gasteiger charge is -2.24. The number of methoxy groups -OCH3 is 1. The predicted molar refractivity (Wildman–Crippen MR) is 98.3 cm³/mol. The number of nitrogens with one attached hydrogen (secondary N) is 1. The Kier molecular flexibility index (Phi) is 6.67. The second kappa shape index (κ2) is 8.96. The van der Waals surface area contributed by atoms with Crippen molar-refractivity contribution < 1.29 is 9.53 Å². The molecule has 1 N–H and O–H groups in total. The van der Waals surface area contributed by atoms with Crippen LogP contribution in [0.3, 0.4) is 0 Å². The van der Waals surface area contributed by atoms with E-state index in [2.05, 4.69) is 17.4 Å². The predicted octanol–water partition coefficient (Wildman–Crippen LogP) is 4.11. The van der Waals surface area contributed by atoms with Crippen molar-refractivity contribution in [3.63, 3.8) is 0 Å². The Morgan fingerprint density at radius 2 is 1.67 bits per heavy atom. The second-order valence-corrected chi connectivity index (χ2v) is 5.61.